The van der Waals surface area contributed by atoms with Crippen LogP contribution in [0.5, 0.6) is 0 Å². The van der Waals surface area contributed by atoms with E-state index in [9.17, 15) is 29.7 Å². The number of benzene rings is 1. The van der Waals surface area contributed by atoms with Crippen LogP contribution >= 0.6 is 0 Å². The third-order valence-corrected chi connectivity index (χ3v) is 13.0. The van der Waals surface area contributed by atoms with E-state index in [0.29, 0.717) is 19.5 Å². The Morgan fingerprint density at radius 3 is 1.46 bits per heavy atom. The van der Waals surface area contributed by atoms with Crippen LogP contribution in [0.3, 0.4) is 0 Å². The zero-order valence-corrected chi connectivity index (χ0v) is 41.3. The lowest BCUT2D eigenvalue weighted by atomic mass is 9.95. The second kappa shape index (κ2) is 40.2. The summed E-state index contributed by atoms with van der Waals surface area (Å²) in [6.07, 6.45) is 33.6. The van der Waals surface area contributed by atoms with Gasteiger partial charge in [-0.1, -0.05) is 237 Å². The number of nitrogens with one attached hydrogen (secondary N) is 3. The number of aliphatic hydroxyl groups is 3. The van der Waals surface area contributed by atoms with Crippen molar-refractivity contribution in [2.24, 2.45) is 0 Å². The number of nitrogens with zero attached hydrogens (tertiary/aromatic N) is 1. The minimum atomic E-state index is -1.55. The molecule has 376 valence electrons. The van der Waals surface area contributed by atoms with Gasteiger partial charge in [-0.25, -0.2) is 9.59 Å². The summed E-state index contributed by atoms with van der Waals surface area (Å²) in [5, 5.41) is 40.4. The first-order valence-electron chi connectivity index (χ1n) is 26.7. The van der Waals surface area contributed by atoms with E-state index in [1.807, 2.05) is 30.3 Å². The van der Waals surface area contributed by atoms with Gasteiger partial charge in [0.1, 0.15) is 37.5 Å². The smallest absolute Gasteiger partial charge is 0.407 e. The second-order valence-corrected chi connectivity index (χ2v) is 18.8. The summed E-state index contributed by atoms with van der Waals surface area (Å²) in [6.45, 7) is 4.28. The summed E-state index contributed by atoms with van der Waals surface area (Å²) in [4.78, 5) is 41.0. The summed E-state index contributed by atoms with van der Waals surface area (Å²) in [7, 11) is 0. The van der Waals surface area contributed by atoms with Gasteiger partial charge in [-0.2, -0.15) is 0 Å². The first kappa shape index (κ1) is 58.2. The van der Waals surface area contributed by atoms with Crippen molar-refractivity contribution < 1.29 is 39.2 Å². The highest BCUT2D eigenvalue weighted by Gasteiger charge is 2.48. The molecular weight excluding hydrogens is 821 g/mol. The standard InChI is InChI=1S/C53H96N4O8/c1-3-5-7-9-11-13-15-17-19-21-23-25-27-29-31-36-40-54-52(62)57(41-37-32-30-28-26-24-22-20-18-16-14-12-10-8-6-4-2)51-48(50(61)49(60)46(43-58)65-51)56-47(59)42-55-53(63)64-44-45-38-34-33-35-39-45/h33-35,38-39,46,48-51,58,60-61H,3-32,36-37,40-44H2,1-2H3,(H,54,62)(H,55,63)(H,56,59)/t46-,48-,49+,50-,51-/m1/s1. The number of amides is 4. The summed E-state index contributed by atoms with van der Waals surface area (Å²) in [6, 6.07) is 7.54. The van der Waals surface area contributed by atoms with E-state index in [2.05, 4.69) is 29.8 Å². The maximum absolute atomic E-state index is 14.0. The molecule has 6 N–H and O–H groups in total. The maximum Gasteiger partial charge on any atom is 0.407 e. The molecule has 1 aromatic carbocycles. The fourth-order valence-electron chi connectivity index (χ4n) is 8.83. The van der Waals surface area contributed by atoms with Crippen molar-refractivity contribution in [3.8, 4) is 0 Å². The number of ether oxygens (including phenoxy) is 2. The zero-order chi connectivity index (χ0) is 47.0. The maximum atomic E-state index is 14.0. The summed E-state index contributed by atoms with van der Waals surface area (Å²) < 4.78 is 11.3. The molecule has 1 fully saturated rings. The predicted molar refractivity (Wildman–Crippen MR) is 264 cm³/mol. The lowest BCUT2D eigenvalue weighted by Crippen LogP contribution is -2.70. The van der Waals surface area contributed by atoms with Crippen molar-refractivity contribution in [1.82, 2.24) is 20.9 Å². The first-order valence-corrected chi connectivity index (χ1v) is 26.7. The van der Waals surface area contributed by atoms with Crippen molar-refractivity contribution in [3.63, 3.8) is 0 Å². The Labute approximate surface area is 395 Å². The Bertz CT molecular complexity index is 1290. The Morgan fingerprint density at radius 1 is 0.585 bits per heavy atom. The van der Waals surface area contributed by atoms with Crippen molar-refractivity contribution in [3.05, 3.63) is 35.9 Å². The fraction of sp³-hybridized carbons (Fsp3) is 0.830. The van der Waals surface area contributed by atoms with Crippen LogP contribution < -0.4 is 16.0 Å². The monoisotopic (exact) mass is 917 g/mol. The predicted octanol–water partition coefficient (Wildman–Crippen LogP) is 11.4. The Morgan fingerprint density at radius 2 is 1.02 bits per heavy atom. The number of rotatable bonds is 41. The highest BCUT2D eigenvalue weighted by Crippen LogP contribution is 2.25. The Hall–Kier alpha value is -2.93. The van der Waals surface area contributed by atoms with Crippen LogP contribution in [0, 0.1) is 0 Å². The SMILES string of the molecule is CCCCCCCCCCCCCCCCCCNC(=O)N(CCCCCCCCCCCCCCCCCC)[C@@H]1O[C@H](CO)[C@H](O)[C@H](O)[C@H]1NC(=O)CNC(=O)OCc1ccccc1. The topological polar surface area (TPSA) is 170 Å². The van der Waals surface area contributed by atoms with E-state index in [4.69, 9.17) is 9.47 Å². The third-order valence-electron chi connectivity index (χ3n) is 13.0. The fourth-order valence-corrected chi connectivity index (χ4v) is 8.83. The number of hydrogen-bond donors (Lipinski definition) is 6. The van der Waals surface area contributed by atoms with Gasteiger partial charge >= 0.3 is 12.1 Å². The minimum Gasteiger partial charge on any atom is -0.445 e. The Kier molecular flexibility index (Phi) is 36.0. The molecule has 4 amide bonds. The molecule has 1 aliphatic heterocycles. The summed E-state index contributed by atoms with van der Waals surface area (Å²) >= 11 is 0. The van der Waals surface area contributed by atoms with Crippen LogP contribution in [-0.4, -0.2) is 95.1 Å². The van der Waals surface area contributed by atoms with E-state index >= 15 is 0 Å². The van der Waals surface area contributed by atoms with Crippen molar-refractivity contribution >= 4 is 18.0 Å². The number of urea groups is 1. The third kappa shape index (κ3) is 28.8. The zero-order valence-electron chi connectivity index (χ0n) is 41.3. The van der Waals surface area contributed by atoms with Gasteiger partial charge in [-0.15, -0.1) is 0 Å². The largest absolute Gasteiger partial charge is 0.445 e. The molecule has 1 aromatic rings. The normalized spacial score (nSPS) is 18.3. The molecular formula is C53H96N4O8. The molecule has 2 rings (SSSR count). The van der Waals surface area contributed by atoms with E-state index in [1.165, 1.54) is 165 Å². The number of unbranched alkanes of at least 4 members (excludes halogenated alkanes) is 30. The lowest BCUT2D eigenvalue weighted by Gasteiger charge is -2.46. The second-order valence-electron chi connectivity index (χ2n) is 18.8. The van der Waals surface area contributed by atoms with Gasteiger partial charge in [0.2, 0.25) is 5.91 Å². The summed E-state index contributed by atoms with van der Waals surface area (Å²) in [5.41, 5.74) is 0.794. The van der Waals surface area contributed by atoms with Gasteiger partial charge in [0.15, 0.2) is 6.23 Å². The van der Waals surface area contributed by atoms with Gasteiger partial charge in [-0.3, -0.25) is 9.69 Å². The number of carbonyl (C=O) groups excluding carboxylic acids is 3. The molecule has 0 radical (unpaired) electrons. The van der Waals surface area contributed by atoms with Gasteiger partial charge < -0.3 is 40.7 Å². The number of hydrogen-bond acceptors (Lipinski definition) is 8. The number of aliphatic hydroxyl groups excluding tert-OH is 3. The summed E-state index contributed by atoms with van der Waals surface area (Å²) in [5.74, 6) is -0.662. The van der Waals surface area contributed by atoms with E-state index in [0.717, 1.165) is 44.1 Å². The van der Waals surface area contributed by atoms with Crippen LogP contribution in [-0.2, 0) is 20.9 Å². The first-order chi connectivity index (χ1) is 31.8. The van der Waals surface area contributed by atoms with Crippen LogP contribution in [0.2, 0.25) is 0 Å². The molecule has 0 unspecified atom stereocenters. The number of carbonyl (C=O) groups is 3. The molecule has 0 aliphatic carbocycles. The molecule has 0 spiro atoms. The highest BCUT2D eigenvalue weighted by atomic mass is 16.6. The molecule has 0 saturated carbocycles. The lowest BCUT2D eigenvalue weighted by molar-refractivity contribution is -0.224. The number of alkyl carbamates (subject to hydrolysis) is 1. The van der Waals surface area contributed by atoms with E-state index < -0.39 is 55.7 Å². The molecule has 1 heterocycles. The minimum absolute atomic E-state index is 0.0309. The van der Waals surface area contributed by atoms with Crippen LogP contribution in [0.4, 0.5) is 9.59 Å². The van der Waals surface area contributed by atoms with Crippen LogP contribution in [0.25, 0.3) is 0 Å². The van der Waals surface area contributed by atoms with E-state index in [1.54, 1.807) is 0 Å². The average molecular weight is 917 g/mol. The average Bonchev–Trinajstić information content (AvgIpc) is 3.31. The quantitative estimate of drug-likeness (QED) is 0.0353. The molecule has 0 bridgehead atoms. The van der Waals surface area contributed by atoms with Crippen molar-refractivity contribution in [1.29, 1.82) is 0 Å². The van der Waals surface area contributed by atoms with Gasteiger partial charge in [0, 0.05) is 13.1 Å². The van der Waals surface area contributed by atoms with Crippen molar-refractivity contribution in [2.45, 2.75) is 257 Å². The molecule has 12 nitrogen and oxygen atoms in total. The van der Waals surface area contributed by atoms with Crippen LogP contribution in [0.15, 0.2) is 30.3 Å². The van der Waals surface area contributed by atoms with Gasteiger partial charge in [0.05, 0.1) is 6.61 Å². The molecule has 0 aromatic heterocycles. The molecule has 1 aliphatic rings. The van der Waals surface area contributed by atoms with Crippen molar-refractivity contribution in [2.75, 3.05) is 26.2 Å². The molecule has 1 saturated heterocycles. The highest BCUT2D eigenvalue weighted by molar-refractivity contribution is 5.82. The van der Waals surface area contributed by atoms with Gasteiger partial charge in [-0.05, 0) is 18.4 Å². The molecule has 12 heteroatoms. The Balaban J connectivity index is 1.86. The van der Waals surface area contributed by atoms with Gasteiger partial charge in [0.25, 0.3) is 0 Å². The molecule has 65 heavy (non-hydrogen) atoms. The van der Waals surface area contributed by atoms with Crippen LogP contribution in [0.1, 0.15) is 225 Å². The van der Waals surface area contributed by atoms with E-state index in [-0.39, 0.29) is 12.6 Å². The molecule has 5 atom stereocenters.